The maximum atomic E-state index is 12.5. The van der Waals surface area contributed by atoms with Crippen LogP contribution >= 0.6 is 0 Å². The number of nitrogens with zero attached hydrogens (tertiary/aromatic N) is 4. The van der Waals surface area contributed by atoms with Crippen molar-refractivity contribution >= 4 is 11.2 Å². The number of fused-ring (bicyclic) bond motifs is 1. The van der Waals surface area contributed by atoms with E-state index in [1.807, 2.05) is 0 Å². The molecule has 0 aliphatic carbocycles. The molecule has 22 heavy (non-hydrogen) atoms. The average Bonchev–Trinajstić information content (AvgIpc) is 2.81. The summed E-state index contributed by atoms with van der Waals surface area (Å²) in [5.74, 6) is 0.584. The monoisotopic (exact) mass is 309 g/mol. The molecule has 0 aliphatic heterocycles. The van der Waals surface area contributed by atoms with Crippen LogP contribution in [-0.2, 0) is 24.9 Å². The Morgan fingerprint density at radius 3 is 2.55 bits per heavy atom. The molecule has 1 atom stereocenters. The fourth-order valence-electron chi connectivity index (χ4n) is 2.63. The Morgan fingerprint density at radius 1 is 1.32 bits per heavy atom. The first-order chi connectivity index (χ1) is 10.4. The molecule has 0 saturated carbocycles. The SMILES string of the molecule is CCn1c(=O)c2c(nc(C(C)N)n2C)n(CCCOC)c1=O. The molecule has 0 aliphatic rings. The van der Waals surface area contributed by atoms with Crippen molar-refractivity contribution < 1.29 is 4.74 Å². The predicted octanol–water partition coefficient (Wildman–Crippen LogP) is -0.0272. The number of ether oxygens (including phenoxy) is 1. The van der Waals surface area contributed by atoms with E-state index in [-0.39, 0.29) is 17.3 Å². The Hall–Kier alpha value is -1.93. The number of hydrogen-bond acceptors (Lipinski definition) is 5. The van der Waals surface area contributed by atoms with Crippen LogP contribution in [0.3, 0.4) is 0 Å². The summed E-state index contributed by atoms with van der Waals surface area (Å²) in [7, 11) is 3.36. The minimum absolute atomic E-state index is 0.316. The predicted molar refractivity (Wildman–Crippen MR) is 84.0 cm³/mol. The van der Waals surface area contributed by atoms with E-state index in [0.29, 0.717) is 43.1 Å². The molecule has 0 bridgehead atoms. The number of methoxy groups -OCH3 is 1. The van der Waals surface area contributed by atoms with Crippen molar-refractivity contribution in [2.45, 2.75) is 39.4 Å². The minimum atomic E-state index is -0.342. The molecule has 1 unspecified atom stereocenters. The fraction of sp³-hybridized carbons (Fsp3) is 0.643. The molecule has 0 amide bonds. The zero-order valence-corrected chi connectivity index (χ0v) is 13.5. The fourth-order valence-corrected chi connectivity index (χ4v) is 2.63. The normalized spacial score (nSPS) is 13.0. The van der Waals surface area contributed by atoms with Crippen LogP contribution in [0.4, 0.5) is 0 Å². The van der Waals surface area contributed by atoms with Crippen LogP contribution in [-0.4, -0.2) is 32.4 Å². The first kappa shape index (κ1) is 16.4. The molecule has 8 heteroatoms. The van der Waals surface area contributed by atoms with Gasteiger partial charge >= 0.3 is 5.69 Å². The Balaban J connectivity index is 2.78. The Morgan fingerprint density at radius 2 is 2.00 bits per heavy atom. The molecular formula is C14H23N5O3. The molecule has 0 radical (unpaired) electrons. The lowest BCUT2D eigenvalue weighted by Crippen LogP contribution is -2.40. The summed E-state index contributed by atoms with van der Waals surface area (Å²) in [5, 5.41) is 0. The van der Waals surface area contributed by atoms with E-state index in [4.69, 9.17) is 10.5 Å². The van der Waals surface area contributed by atoms with E-state index in [1.54, 1.807) is 32.6 Å². The van der Waals surface area contributed by atoms with Gasteiger partial charge in [0.15, 0.2) is 11.2 Å². The van der Waals surface area contributed by atoms with Gasteiger partial charge in [-0.15, -0.1) is 0 Å². The van der Waals surface area contributed by atoms with Crippen LogP contribution in [0, 0.1) is 0 Å². The molecule has 2 aromatic rings. The summed E-state index contributed by atoms with van der Waals surface area (Å²) < 4.78 is 9.47. The molecule has 122 valence electrons. The van der Waals surface area contributed by atoms with Crippen LogP contribution < -0.4 is 17.0 Å². The lowest BCUT2D eigenvalue weighted by atomic mass is 10.3. The smallest absolute Gasteiger partial charge is 0.332 e. The molecule has 0 saturated heterocycles. The first-order valence-corrected chi connectivity index (χ1v) is 7.38. The molecule has 2 aromatic heterocycles. The van der Waals surface area contributed by atoms with Gasteiger partial charge < -0.3 is 15.0 Å². The molecule has 0 spiro atoms. The Kier molecular flexibility index (Phi) is 4.82. The standard InChI is InChI=1S/C14H23N5O3/c1-5-18-13(20)10-12(16-11(9(2)15)17(10)3)19(14(18)21)7-6-8-22-4/h9H,5-8,15H2,1-4H3. The summed E-state index contributed by atoms with van der Waals surface area (Å²) >= 11 is 0. The highest BCUT2D eigenvalue weighted by molar-refractivity contribution is 5.71. The van der Waals surface area contributed by atoms with Gasteiger partial charge in [0.2, 0.25) is 0 Å². The van der Waals surface area contributed by atoms with Crippen LogP contribution in [0.15, 0.2) is 9.59 Å². The van der Waals surface area contributed by atoms with Crippen molar-refractivity contribution in [3.8, 4) is 0 Å². The van der Waals surface area contributed by atoms with E-state index in [2.05, 4.69) is 4.98 Å². The van der Waals surface area contributed by atoms with Gasteiger partial charge in [-0.3, -0.25) is 13.9 Å². The van der Waals surface area contributed by atoms with Gasteiger partial charge in [0, 0.05) is 33.9 Å². The number of aryl methyl sites for hydroxylation is 2. The number of nitrogens with two attached hydrogens (primary N) is 1. The van der Waals surface area contributed by atoms with Crippen LogP contribution in [0.1, 0.15) is 32.1 Å². The largest absolute Gasteiger partial charge is 0.385 e. The number of rotatable bonds is 6. The maximum absolute atomic E-state index is 12.5. The third kappa shape index (κ3) is 2.59. The summed E-state index contributed by atoms with van der Waals surface area (Å²) in [5.41, 5.74) is 6.04. The van der Waals surface area contributed by atoms with Crippen LogP contribution in [0.25, 0.3) is 11.2 Å². The lowest BCUT2D eigenvalue weighted by molar-refractivity contribution is 0.190. The highest BCUT2D eigenvalue weighted by Crippen LogP contribution is 2.14. The van der Waals surface area contributed by atoms with Gasteiger partial charge in [0.1, 0.15) is 5.82 Å². The van der Waals surface area contributed by atoms with Crippen molar-refractivity contribution in [1.82, 2.24) is 18.7 Å². The third-order valence-electron chi connectivity index (χ3n) is 3.73. The highest BCUT2D eigenvalue weighted by Gasteiger charge is 2.20. The zero-order valence-electron chi connectivity index (χ0n) is 13.5. The molecule has 8 nitrogen and oxygen atoms in total. The second kappa shape index (κ2) is 6.45. The van der Waals surface area contributed by atoms with Crippen LogP contribution in [0.5, 0.6) is 0 Å². The topological polar surface area (TPSA) is 97.1 Å². The summed E-state index contributed by atoms with van der Waals surface area (Å²) in [6.45, 7) is 4.87. The summed E-state index contributed by atoms with van der Waals surface area (Å²) in [6, 6.07) is -0.325. The Bertz CT molecular complexity index is 784. The van der Waals surface area contributed by atoms with Gasteiger partial charge in [-0.25, -0.2) is 9.78 Å². The molecular weight excluding hydrogens is 286 g/mol. The van der Waals surface area contributed by atoms with Gasteiger partial charge in [0.05, 0.1) is 6.04 Å². The quantitative estimate of drug-likeness (QED) is 0.756. The van der Waals surface area contributed by atoms with E-state index in [9.17, 15) is 9.59 Å². The van der Waals surface area contributed by atoms with E-state index in [0.717, 1.165) is 0 Å². The molecule has 0 fully saturated rings. The van der Waals surface area contributed by atoms with Gasteiger partial charge in [0.25, 0.3) is 5.56 Å². The van der Waals surface area contributed by atoms with Crippen molar-refractivity contribution in [1.29, 1.82) is 0 Å². The lowest BCUT2D eigenvalue weighted by Gasteiger charge is -2.10. The van der Waals surface area contributed by atoms with Crippen LogP contribution in [0.2, 0.25) is 0 Å². The summed E-state index contributed by atoms with van der Waals surface area (Å²) in [4.78, 5) is 29.5. The average molecular weight is 309 g/mol. The first-order valence-electron chi connectivity index (χ1n) is 7.38. The number of imidazole rings is 1. The van der Waals surface area contributed by atoms with Crippen molar-refractivity contribution in [2.75, 3.05) is 13.7 Å². The Labute approximate surface area is 128 Å². The van der Waals surface area contributed by atoms with Crippen molar-refractivity contribution in [2.24, 2.45) is 12.8 Å². The van der Waals surface area contributed by atoms with Gasteiger partial charge in [-0.05, 0) is 20.3 Å². The second-order valence-corrected chi connectivity index (χ2v) is 5.32. The zero-order chi connectivity index (χ0) is 16.4. The number of hydrogen-bond donors (Lipinski definition) is 1. The highest BCUT2D eigenvalue weighted by atomic mass is 16.5. The van der Waals surface area contributed by atoms with Gasteiger partial charge in [-0.2, -0.15) is 0 Å². The number of aromatic nitrogens is 4. The maximum Gasteiger partial charge on any atom is 0.332 e. The molecule has 0 aromatic carbocycles. The van der Waals surface area contributed by atoms with E-state index in [1.165, 1.54) is 9.13 Å². The summed E-state index contributed by atoms with van der Waals surface area (Å²) in [6.07, 6.45) is 0.664. The van der Waals surface area contributed by atoms with E-state index < -0.39 is 0 Å². The van der Waals surface area contributed by atoms with Crippen molar-refractivity contribution in [3.05, 3.63) is 26.7 Å². The molecule has 2 rings (SSSR count). The second-order valence-electron chi connectivity index (χ2n) is 5.32. The van der Waals surface area contributed by atoms with Gasteiger partial charge in [-0.1, -0.05) is 0 Å². The minimum Gasteiger partial charge on any atom is -0.385 e. The molecule has 2 heterocycles. The van der Waals surface area contributed by atoms with Crippen molar-refractivity contribution in [3.63, 3.8) is 0 Å². The third-order valence-corrected chi connectivity index (χ3v) is 3.73. The molecule has 2 N–H and O–H groups in total. The van der Waals surface area contributed by atoms with E-state index >= 15 is 0 Å².